The monoisotopic (exact) mass is 395 g/mol. The van der Waals surface area contributed by atoms with Gasteiger partial charge >= 0.3 is 0 Å². The highest BCUT2D eigenvalue weighted by Gasteiger charge is 2.36. The quantitative estimate of drug-likeness (QED) is 0.442. The first-order valence-corrected chi connectivity index (χ1v) is 9.58. The molecule has 0 saturated heterocycles. The highest BCUT2D eigenvalue weighted by Crippen LogP contribution is 2.39. The molecule has 1 fully saturated rings. The van der Waals surface area contributed by atoms with Crippen LogP contribution in [0.1, 0.15) is 48.2 Å². The maximum Gasteiger partial charge on any atom is 0.248 e. The molecule has 2 aromatic rings. The number of aromatic nitrogens is 1. The van der Waals surface area contributed by atoms with E-state index in [0.717, 1.165) is 5.69 Å². The molecule has 3 nitrogen and oxygen atoms in total. The maximum atomic E-state index is 13.7. The highest BCUT2D eigenvalue weighted by molar-refractivity contribution is 6.35. The third-order valence-electron chi connectivity index (χ3n) is 5.23. The van der Waals surface area contributed by atoms with E-state index in [0.29, 0.717) is 54.0 Å². The van der Waals surface area contributed by atoms with E-state index in [1.54, 1.807) is 13.2 Å². The largest absolute Gasteiger partial charge is 0.384 e. The van der Waals surface area contributed by atoms with Crippen molar-refractivity contribution in [3.63, 3.8) is 0 Å². The van der Waals surface area contributed by atoms with E-state index in [2.05, 4.69) is 6.58 Å². The molecule has 3 rings (SSSR count). The van der Waals surface area contributed by atoms with Crippen molar-refractivity contribution in [3.05, 3.63) is 52.8 Å². The minimum atomic E-state index is -2.63. The van der Waals surface area contributed by atoms with Crippen LogP contribution < -0.4 is 0 Å². The van der Waals surface area contributed by atoms with E-state index in [9.17, 15) is 13.6 Å². The van der Waals surface area contributed by atoms with E-state index < -0.39 is 5.92 Å². The van der Waals surface area contributed by atoms with Gasteiger partial charge in [0.05, 0.1) is 17.1 Å². The normalized spacial score (nSPS) is 19.3. The third-order valence-corrected chi connectivity index (χ3v) is 5.53. The summed E-state index contributed by atoms with van der Waals surface area (Å²) in [6.07, 6.45) is 3.74. The molecule has 146 valence electrons. The molecule has 2 heterocycles. The topological polar surface area (TPSA) is 30.7 Å². The number of carbonyl (C=O) groups is 1. The fraction of sp³-hybridized carbons (Fsp3) is 0.476. The smallest absolute Gasteiger partial charge is 0.248 e. The number of alkyl halides is 2. The Kier molecular flexibility index (Phi) is 6.02. The molecule has 0 aliphatic heterocycles. The van der Waals surface area contributed by atoms with Crippen molar-refractivity contribution < 1.29 is 18.3 Å². The first-order chi connectivity index (χ1) is 12.8. The minimum absolute atomic E-state index is 0.0630. The third kappa shape index (κ3) is 4.41. The number of allylic oxidation sites excluding steroid dienone is 1. The van der Waals surface area contributed by atoms with Crippen LogP contribution in [0.4, 0.5) is 8.78 Å². The Bertz CT molecular complexity index is 859. The highest BCUT2D eigenvalue weighted by atomic mass is 35.5. The fourth-order valence-electron chi connectivity index (χ4n) is 3.94. The molecule has 1 saturated carbocycles. The zero-order valence-electron chi connectivity index (χ0n) is 15.4. The summed E-state index contributed by atoms with van der Waals surface area (Å²) in [5.41, 5.74) is 2.38. The van der Waals surface area contributed by atoms with Gasteiger partial charge in [0.15, 0.2) is 5.78 Å². The van der Waals surface area contributed by atoms with E-state index in [1.165, 1.54) is 0 Å². The molecule has 1 aliphatic carbocycles. The predicted molar refractivity (Wildman–Crippen MR) is 103 cm³/mol. The molecule has 0 bridgehead atoms. The molecule has 0 aromatic carbocycles. The Labute approximate surface area is 163 Å². The van der Waals surface area contributed by atoms with Gasteiger partial charge in [-0.25, -0.2) is 8.78 Å². The molecule has 1 unspecified atom stereocenters. The molecule has 0 N–H and O–H groups in total. The van der Waals surface area contributed by atoms with Crippen molar-refractivity contribution in [2.24, 2.45) is 5.92 Å². The lowest BCUT2D eigenvalue weighted by Crippen LogP contribution is -2.26. The van der Waals surface area contributed by atoms with Crippen molar-refractivity contribution in [3.8, 4) is 0 Å². The van der Waals surface area contributed by atoms with E-state index in [1.807, 2.05) is 22.7 Å². The van der Waals surface area contributed by atoms with Gasteiger partial charge in [0.2, 0.25) is 5.92 Å². The van der Waals surface area contributed by atoms with Gasteiger partial charge in [-0.1, -0.05) is 18.2 Å². The van der Waals surface area contributed by atoms with Gasteiger partial charge < -0.3 is 9.14 Å². The molecular weight excluding hydrogens is 372 g/mol. The number of methoxy groups -OCH3 is 1. The molecular formula is C21H24ClF2NO2. The Hall–Kier alpha value is -1.72. The van der Waals surface area contributed by atoms with Crippen LogP contribution >= 0.6 is 11.6 Å². The SMILES string of the molecule is C=C(CC1CCCC(F)(F)C1)C(=O)c1cc(CCOC)n2cccc(Cl)c12. The van der Waals surface area contributed by atoms with Crippen LogP contribution in [-0.4, -0.2) is 29.8 Å². The summed E-state index contributed by atoms with van der Waals surface area (Å²) in [5, 5.41) is 0.474. The van der Waals surface area contributed by atoms with Gasteiger partial charge in [-0.3, -0.25) is 4.79 Å². The fourth-order valence-corrected chi connectivity index (χ4v) is 4.20. The van der Waals surface area contributed by atoms with Crippen LogP contribution in [0.5, 0.6) is 0 Å². The number of hydrogen-bond donors (Lipinski definition) is 0. The zero-order valence-corrected chi connectivity index (χ0v) is 16.2. The Morgan fingerprint density at radius 2 is 2.26 bits per heavy atom. The molecule has 27 heavy (non-hydrogen) atoms. The van der Waals surface area contributed by atoms with Crippen molar-refractivity contribution in [1.82, 2.24) is 4.40 Å². The summed E-state index contributed by atoms with van der Waals surface area (Å²) in [4.78, 5) is 13.0. The van der Waals surface area contributed by atoms with Crippen LogP contribution in [0.15, 0.2) is 36.5 Å². The number of ketones is 1. The molecule has 1 atom stereocenters. The van der Waals surface area contributed by atoms with Crippen molar-refractivity contribution in [2.75, 3.05) is 13.7 Å². The second kappa shape index (κ2) is 8.11. The van der Waals surface area contributed by atoms with E-state index in [-0.39, 0.29) is 24.5 Å². The number of carbonyl (C=O) groups excluding carboxylic acids is 1. The summed E-state index contributed by atoms with van der Waals surface area (Å²) in [6.45, 7) is 4.43. The number of nitrogens with zero attached hydrogens (tertiary/aromatic N) is 1. The van der Waals surface area contributed by atoms with Crippen LogP contribution in [0, 0.1) is 5.92 Å². The summed E-state index contributed by atoms with van der Waals surface area (Å²) < 4.78 is 34.4. The molecule has 6 heteroatoms. The van der Waals surface area contributed by atoms with Crippen LogP contribution in [0.3, 0.4) is 0 Å². The van der Waals surface area contributed by atoms with E-state index >= 15 is 0 Å². The van der Waals surface area contributed by atoms with Gasteiger partial charge in [0.1, 0.15) is 0 Å². The average Bonchev–Trinajstić information content (AvgIpc) is 2.98. The number of fused-ring (bicyclic) bond motifs is 1. The first kappa shape index (κ1) is 20.0. The summed E-state index contributed by atoms with van der Waals surface area (Å²) in [5.74, 6) is -3.06. The Morgan fingerprint density at radius 3 is 2.96 bits per heavy atom. The lowest BCUT2D eigenvalue weighted by Gasteiger charge is -2.29. The van der Waals surface area contributed by atoms with Crippen molar-refractivity contribution in [1.29, 1.82) is 0 Å². The van der Waals surface area contributed by atoms with Crippen LogP contribution in [-0.2, 0) is 11.2 Å². The van der Waals surface area contributed by atoms with Gasteiger partial charge in [-0.15, -0.1) is 0 Å². The number of pyridine rings is 1. The molecule has 0 amide bonds. The minimum Gasteiger partial charge on any atom is -0.384 e. The Morgan fingerprint density at radius 1 is 1.48 bits per heavy atom. The Balaban J connectivity index is 1.85. The number of hydrogen-bond acceptors (Lipinski definition) is 2. The molecule has 2 aromatic heterocycles. The van der Waals surface area contributed by atoms with Crippen molar-refractivity contribution in [2.45, 2.75) is 44.4 Å². The van der Waals surface area contributed by atoms with Gasteiger partial charge in [-0.05, 0) is 49.0 Å². The van der Waals surface area contributed by atoms with Crippen LogP contribution in [0.2, 0.25) is 5.02 Å². The molecule has 0 spiro atoms. The number of ether oxygens (including phenoxy) is 1. The second-order valence-corrected chi connectivity index (χ2v) is 7.73. The summed E-state index contributed by atoms with van der Waals surface area (Å²) >= 11 is 6.35. The van der Waals surface area contributed by atoms with Gasteiger partial charge in [-0.2, -0.15) is 0 Å². The van der Waals surface area contributed by atoms with E-state index in [4.69, 9.17) is 16.3 Å². The first-order valence-electron chi connectivity index (χ1n) is 9.20. The molecule has 0 radical (unpaired) electrons. The van der Waals surface area contributed by atoms with Gasteiger partial charge in [0.25, 0.3) is 0 Å². The zero-order chi connectivity index (χ0) is 19.6. The molecule has 1 aliphatic rings. The predicted octanol–water partition coefficient (Wildman–Crippen LogP) is 5.74. The average molecular weight is 396 g/mol. The second-order valence-electron chi connectivity index (χ2n) is 7.32. The number of Topliss-reactive ketones (excluding diaryl/α,β-unsaturated/α-hetero) is 1. The lowest BCUT2D eigenvalue weighted by molar-refractivity contribution is -0.0521. The summed E-state index contributed by atoms with van der Waals surface area (Å²) in [7, 11) is 1.62. The lowest BCUT2D eigenvalue weighted by atomic mass is 9.81. The standard InChI is InChI=1S/C21H24ClF2NO2/c1-14(11-15-5-3-8-21(23,24)13-15)20(26)17-12-16(7-10-27-2)25-9-4-6-18(22)19(17)25/h4,6,9,12,15H,1,3,5,7-8,10-11,13H2,2H3. The van der Waals surface area contributed by atoms with Gasteiger partial charge in [0, 0.05) is 43.8 Å². The number of rotatable bonds is 7. The maximum absolute atomic E-state index is 13.7. The van der Waals surface area contributed by atoms with Crippen LogP contribution in [0.25, 0.3) is 5.52 Å². The number of halogens is 3. The van der Waals surface area contributed by atoms with Crippen molar-refractivity contribution >= 4 is 22.9 Å². The summed E-state index contributed by atoms with van der Waals surface area (Å²) in [6, 6.07) is 5.36.